The third-order valence-corrected chi connectivity index (χ3v) is 2.60. The average molecular weight is 367 g/mol. The van der Waals surface area contributed by atoms with Crippen molar-refractivity contribution in [3.63, 3.8) is 0 Å². The van der Waals surface area contributed by atoms with Gasteiger partial charge in [0.05, 0.1) is 6.61 Å². The van der Waals surface area contributed by atoms with Crippen LogP contribution in [0.1, 0.15) is 30.1 Å². The van der Waals surface area contributed by atoms with Crippen molar-refractivity contribution in [2.24, 2.45) is 0 Å². The number of unbranched alkanes of at least 4 members (excludes halogenated alkanes) is 1. The second kappa shape index (κ2) is 9.57. The Morgan fingerprint density at radius 1 is 1.08 bits per heavy atom. The topological polar surface area (TPSA) is 90.9 Å². The Morgan fingerprint density at radius 3 is 2.24 bits per heavy atom. The van der Waals surface area contributed by atoms with Crippen molar-refractivity contribution in [3.8, 4) is 0 Å². The number of rotatable bonds is 7. The zero-order valence-electron chi connectivity index (χ0n) is 12.9. The third-order valence-electron chi connectivity index (χ3n) is 2.60. The molecule has 0 radical (unpaired) electrons. The first-order valence-corrected chi connectivity index (χ1v) is 6.90. The highest BCUT2D eigenvalue weighted by molar-refractivity contribution is 5.97. The molecule has 0 bridgehead atoms. The summed E-state index contributed by atoms with van der Waals surface area (Å²) < 4.78 is 61.2. The number of benzene rings is 1. The van der Waals surface area contributed by atoms with Gasteiger partial charge in [-0.1, -0.05) is 13.3 Å². The Kier molecular flexibility index (Phi) is 7.79. The molecule has 0 aliphatic heterocycles. The Hall–Kier alpha value is -2.69. The summed E-state index contributed by atoms with van der Waals surface area (Å²) >= 11 is 0. The van der Waals surface area contributed by atoms with Gasteiger partial charge in [-0.15, -0.1) is 0 Å². The molecule has 7 nitrogen and oxygen atoms in total. The van der Waals surface area contributed by atoms with Crippen molar-refractivity contribution >= 4 is 18.0 Å². The fourth-order valence-corrected chi connectivity index (χ4v) is 1.43. The van der Waals surface area contributed by atoms with Crippen LogP contribution >= 0.6 is 0 Å². The van der Waals surface area contributed by atoms with E-state index in [0.717, 1.165) is 6.42 Å². The predicted octanol–water partition coefficient (Wildman–Crippen LogP) is 2.38. The molecule has 0 fully saturated rings. The summed E-state index contributed by atoms with van der Waals surface area (Å²) in [6.07, 6.45) is 0.360. The van der Waals surface area contributed by atoms with E-state index in [1.165, 1.54) is 0 Å². The van der Waals surface area contributed by atoms with Gasteiger partial charge in [0.1, 0.15) is 5.56 Å². The first-order valence-electron chi connectivity index (χ1n) is 6.90. The van der Waals surface area contributed by atoms with Gasteiger partial charge in [-0.3, -0.25) is 4.84 Å². The summed E-state index contributed by atoms with van der Waals surface area (Å²) in [5, 5.41) is 0. The molecule has 1 rings (SSSR count). The van der Waals surface area contributed by atoms with Crippen molar-refractivity contribution in [2.45, 2.75) is 19.8 Å². The molecule has 0 aromatic heterocycles. The summed E-state index contributed by atoms with van der Waals surface area (Å²) in [5.41, 5.74) is -0.0254. The highest BCUT2D eigenvalue weighted by atomic mass is 19.2. The Labute approximate surface area is 138 Å². The van der Waals surface area contributed by atoms with Gasteiger partial charge < -0.3 is 9.47 Å². The molecule has 0 spiro atoms. The van der Waals surface area contributed by atoms with Crippen LogP contribution in [0, 0.1) is 23.3 Å². The normalized spacial score (nSPS) is 10.3. The molecule has 0 aliphatic rings. The highest BCUT2D eigenvalue weighted by Gasteiger charge is 2.27. The number of carbonyl (C=O) groups is 3. The highest BCUT2D eigenvalue weighted by Crippen LogP contribution is 2.20. The minimum absolute atomic E-state index is 0.109. The van der Waals surface area contributed by atoms with Crippen molar-refractivity contribution in [1.29, 1.82) is 0 Å². The maximum absolute atomic E-state index is 13.4. The summed E-state index contributed by atoms with van der Waals surface area (Å²) in [4.78, 5) is 38.1. The lowest BCUT2D eigenvalue weighted by molar-refractivity contribution is -0.145. The van der Waals surface area contributed by atoms with E-state index < -0.39 is 53.5 Å². The number of halogens is 4. The number of ether oxygens (including phenoxy) is 2. The number of carbonyl (C=O) groups excluding carboxylic acids is 3. The van der Waals surface area contributed by atoms with Crippen LogP contribution in [0.2, 0.25) is 0 Å². The van der Waals surface area contributed by atoms with Crippen LogP contribution in [0.15, 0.2) is 6.07 Å². The maximum Gasteiger partial charge on any atom is 0.431 e. The van der Waals surface area contributed by atoms with E-state index in [1.54, 1.807) is 5.48 Å². The van der Waals surface area contributed by atoms with Crippen molar-refractivity contribution < 1.29 is 46.3 Å². The van der Waals surface area contributed by atoms with Crippen molar-refractivity contribution in [1.82, 2.24) is 5.48 Å². The minimum atomic E-state index is -2.02. The van der Waals surface area contributed by atoms with E-state index in [9.17, 15) is 31.9 Å². The molecule has 11 heteroatoms. The summed E-state index contributed by atoms with van der Waals surface area (Å²) in [5.74, 6) is -11.2. The van der Waals surface area contributed by atoms with Gasteiger partial charge in [0.25, 0.3) is 0 Å². The SMILES string of the molecule is CCCCOC(=O)NOCC(=O)OC(=O)c1c(F)c(F)cc(F)c1F. The molecule has 1 aromatic rings. The summed E-state index contributed by atoms with van der Waals surface area (Å²) in [6.45, 7) is 0.939. The van der Waals surface area contributed by atoms with Crippen LogP contribution in [-0.2, 0) is 19.1 Å². The van der Waals surface area contributed by atoms with Crippen LogP contribution in [0.3, 0.4) is 0 Å². The monoisotopic (exact) mass is 367 g/mol. The van der Waals surface area contributed by atoms with Crippen LogP contribution < -0.4 is 5.48 Å². The summed E-state index contributed by atoms with van der Waals surface area (Å²) in [6, 6.07) is -0.111. The van der Waals surface area contributed by atoms with Crippen LogP contribution in [0.25, 0.3) is 0 Å². The molecule has 25 heavy (non-hydrogen) atoms. The van der Waals surface area contributed by atoms with Crippen LogP contribution in [-0.4, -0.2) is 31.2 Å². The van der Waals surface area contributed by atoms with E-state index in [1.807, 2.05) is 6.92 Å². The smallest absolute Gasteiger partial charge is 0.431 e. The van der Waals surface area contributed by atoms with Crippen LogP contribution in [0.5, 0.6) is 0 Å². The second-order valence-corrected chi connectivity index (χ2v) is 4.48. The van der Waals surface area contributed by atoms with Crippen LogP contribution in [0.4, 0.5) is 22.4 Å². The third kappa shape index (κ3) is 6.03. The molecule has 138 valence electrons. The van der Waals surface area contributed by atoms with E-state index >= 15 is 0 Å². The fourth-order valence-electron chi connectivity index (χ4n) is 1.43. The van der Waals surface area contributed by atoms with E-state index in [0.29, 0.717) is 6.42 Å². The van der Waals surface area contributed by atoms with Gasteiger partial charge in [-0.2, -0.15) is 5.48 Å². The van der Waals surface area contributed by atoms with E-state index in [2.05, 4.69) is 14.3 Å². The number of hydrogen-bond acceptors (Lipinski definition) is 6. The first kappa shape index (κ1) is 20.4. The number of nitrogens with one attached hydrogen (secondary N) is 1. The standard InChI is InChI=1S/C14H13F4NO6/c1-2-3-4-23-14(22)19-24-6-9(20)25-13(21)10-11(17)7(15)5-8(16)12(10)18/h5H,2-4,6H2,1H3,(H,19,22). The Balaban J connectivity index is 2.53. The number of esters is 2. The molecule has 0 saturated heterocycles. The largest absolute Gasteiger partial charge is 0.448 e. The number of amides is 1. The predicted molar refractivity (Wildman–Crippen MR) is 72.0 cm³/mol. The molecule has 0 saturated carbocycles. The molecular formula is C14H13F4NO6. The molecule has 1 aromatic carbocycles. The fraction of sp³-hybridized carbons (Fsp3) is 0.357. The first-order chi connectivity index (χ1) is 11.8. The van der Waals surface area contributed by atoms with Gasteiger partial charge in [-0.05, 0) is 6.42 Å². The lowest BCUT2D eigenvalue weighted by Crippen LogP contribution is -2.29. The molecule has 0 aliphatic carbocycles. The quantitative estimate of drug-likeness (QED) is 0.199. The Morgan fingerprint density at radius 2 is 1.68 bits per heavy atom. The molecule has 0 heterocycles. The van der Waals surface area contributed by atoms with E-state index in [4.69, 9.17) is 0 Å². The average Bonchev–Trinajstić information content (AvgIpc) is 2.53. The molecule has 0 unspecified atom stereocenters. The lowest BCUT2D eigenvalue weighted by atomic mass is 10.2. The minimum Gasteiger partial charge on any atom is -0.448 e. The van der Waals surface area contributed by atoms with Gasteiger partial charge in [0.2, 0.25) is 0 Å². The molecule has 1 N–H and O–H groups in total. The van der Waals surface area contributed by atoms with Gasteiger partial charge >= 0.3 is 18.0 Å². The molecule has 0 atom stereocenters. The van der Waals surface area contributed by atoms with E-state index in [-0.39, 0.29) is 12.7 Å². The summed E-state index contributed by atoms with van der Waals surface area (Å²) in [7, 11) is 0. The number of hydrogen-bond donors (Lipinski definition) is 1. The van der Waals surface area contributed by atoms with Gasteiger partial charge in [0.15, 0.2) is 29.9 Å². The zero-order valence-corrected chi connectivity index (χ0v) is 12.9. The van der Waals surface area contributed by atoms with Crippen molar-refractivity contribution in [2.75, 3.05) is 13.2 Å². The second-order valence-electron chi connectivity index (χ2n) is 4.48. The lowest BCUT2D eigenvalue weighted by Gasteiger charge is -2.08. The number of hydroxylamine groups is 1. The van der Waals surface area contributed by atoms with Gasteiger partial charge in [-0.25, -0.2) is 31.9 Å². The molecule has 1 amide bonds. The molecular weight excluding hydrogens is 354 g/mol. The van der Waals surface area contributed by atoms with Crippen molar-refractivity contribution in [3.05, 3.63) is 34.9 Å². The Bertz CT molecular complexity index is 641. The maximum atomic E-state index is 13.4. The zero-order chi connectivity index (χ0) is 19.0. The van der Waals surface area contributed by atoms with Gasteiger partial charge in [0, 0.05) is 6.07 Å².